The molecule has 0 aromatic rings. The summed E-state index contributed by atoms with van der Waals surface area (Å²) in [6.07, 6.45) is 6.04. The molecule has 1 N–H and O–H groups in total. The van der Waals surface area contributed by atoms with Crippen molar-refractivity contribution in [2.75, 3.05) is 12.3 Å². The minimum atomic E-state index is -3.92. The summed E-state index contributed by atoms with van der Waals surface area (Å²) in [5, 5.41) is 11.2. The quantitative estimate of drug-likeness (QED) is 0.172. The van der Waals surface area contributed by atoms with Gasteiger partial charge in [0.05, 0.1) is 5.75 Å². The molecule has 0 bridgehead atoms. The molecule has 0 spiro atoms. The maximum absolute atomic E-state index is 11.2. The average Bonchev–Trinajstić information content (AvgIpc) is 2.23. The fraction of sp³-hybridized carbons (Fsp3) is 0.909. The SMILES string of the molecule is CCCCCCCC([O-])=NCCCS(=O)(=O)O.[Na+]. The van der Waals surface area contributed by atoms with Crippen LogP contribution in [0.4, 0.5) is 0 Å². The van der Waals surface area contributed by atoms with Gasteiger partial charge in [-0.2, -0.15) is 8.42 Å². The number of aliphatic imine (C=N–C) groups is 1. The van der Waals surface area contributed by atoms with Crippen LogP contribution < -0.4 is 34.7 Å². The van der Waals surface area contributed by atoms with Crippen molar-refractivity contribution in [1.82, 2.24) is 0 Å². The van der Waals surface area contributed by atoms with Crippen molar-refractivity contribution in [3.8, 4) is 0 Å². The second kappa shape index (κ2) is 12.4. The molecule has 0 saturated carbocycles. The Morgan fingerprint density at radius 1 is 1.17 bits per heavy atom. The van der Waals surface area contributed by atoms with Crippen LogP contribution in [0.15, 0.2) is 4.99 Å². The Kier molecular flexibility index (Phi) is 14.3. The minimum Gasteiger partial charge on any atom is -0.862 e. The fourth-order valence-electron chi connectivity index (χ4n) is 1.41. The van der Waals surface area contributed by atoms with Crippen molar-refractivity contribution in [3.05, 3.63) is 0 Å². The standard InChI is InChI=1S/C11H23NO4S.Na/c1-2-3-4-5-6-8-11(13)12-9-7-10-17(14,15)16;/h2-10H2,1H3,(H,12,13)(H,14,15,16);/q;+1/p-1. The zero-order valence-electron chi connectivity index (χ0n) is 11.4. The third kappa shape index (κ3) is 16.4. The Morgan fingerprint density at radius 2 is 1.78 bits per heavy atom. The smallest absolute Gasteiger partial charge is 0.862 e. The van der Waals surface area contributed by atoms with E-state index in [0.717, 1.165) is 19.3 Å². The predicted molar refractivity (Wildman–Crippen MR) is 66.7 cm³/mol. The van der Waals surface area contributed by atoms with Crippen molar-refractivity contribution in [1.29, 1.82) is 0 Å². The average molecular weight is 287 g/mol. The van der Waals surface area contributed by atoms with Crippen LogP contribution in [0.5, 0.6) is 0 Å². The molecular formula is C11H22NNaO4S. The second-order valence-corrected chi connectivity index (χ2v) is 5.65. The molecule has 0 atom stereocenters. The van der Waals surface area contributed by atoms with Crippen LogP contribution in [0.25, 0.3) is 0 Å². The zero-order valence-corrected chi connectivity index (χ0v) is 14.2. The number of nitrogens with zero attached hydrogens (tertiary/aromatic N) is 1. The van der Waals surface area contributed by atoms with Gasteiger partial charge in [-0.05, 0) is 25.2 Å². The van der Waals surface area contributed by atoms with Gasteiger partial charge in [0.25, 0.3) is 10.1 Å². The van der Waals surface area contributed by atoms with Crippen molar-refractivity contribution >= 4 is 16.0 Å². The van der Waals surface area contributed by atoms with Crippen LogP contribution in [0.1, 0.15) is 51.9 Å². The Bertz CT molecular complexity index is 317. The van der Waals surface area contributed by atoms with Gasteiger partial charge in [0.1, 0.15) is 0 Å². The molecular weight excluding hydrogens is 265 g/mol. The van der Waals surface area contributed by atoms with E-state index in [4.69, 9.17) is 4.55 Å². The van der Waals surface area contributed by atoms with Crippen LogP contribution in [-0.2, 0) is 10.1 Å². The fourth-order valence-corrected chi connectivity index (χ4v) is 1.90. The van der Waals surface area contributed by atoms with Crippen LogP contribution in [0.3, 0.4) is 0 Å². The summed E-state index contributed by atoms with van der Waals surface area (Å²) in [6.45, 7) is 2.31. The molecule has 0 aliphatic heterocycles. The minimum absolute atomic E-state index is 0. The summed E-state index contributed by atoms with van der Waals surface area (Å²) in [7, 11) is -3.92. The van der Waals surface area contributed by atoms with E-state index in [1.54, 1.807) is 0 Å². The van der Waals surface area contributed by atoms with Gasteiger partial charge in [0, 0.05) is 6.54 Å². The molecule has 0 radical (unpaired) electrons. The third-order valence-electron chi connectivity index (χ3n) is 2.34. The van der Waals surface area contributed by atoms with Gasteiger partial charge in [-0.1, -0.05) is 32.6 Å². The number of unbranched alkanes of at least 4 members (excludes halogenated alkanes) is 4. The molecule has 0 rings (SSSR count). The van der Waals surface area contributed by atoms with Crippen molar-refractivity contribution < 1.29 is 47.6 Å². The van der Waals surface area contributed by atoms with Gasteiger partial charge in [0.15, 0.2) is 0 Å². The summed E-state index contributed by atoms with van der Waals surface area (Å²) in [4.78, 5) is 3.73. The number of hydrogen-bond donors (Lipinski definition) is 1. The largest absolute Gasteiger partial charge is 1.00 e. The molecule has 0 aromatic carbocycles. The van der Waals surface area contributed by atoms with E-state index in [1.165, 1.54) is 12.8 Å². The number of rotatable bonds is 10. The Hall–Kier alpha value is 0.380. The second-order valence-electron chi connectivity index (χ2n) is 4.08. The molecule has 0 heterocycles. The van der Waals surface area contributed by atoms with Gasteiger partial charge in [-0.15, -0.1) is 0 Å². The van der Waals surface area contributed by atoms with Crippen LogP contribution in [0, 0.1) is 0 Å². The van der Waals surface area contributed by atoms with Crippen molar-refractivity contribution in [2.24, 2.45) is 4.99 Å². The van der Waals surface area contributed by atoms with E-state index in [-0.39, 0.29) is 54.2 Å². The van der Waals surface area contributed by atoms with E-state index >= 15 is 0 Å². The molecule has 0 fully saturated rings. The first-order valence-corrected chi connectivity index (χ1v) is 7.72. The van der Waals surface area contributed by atoms with E-state index < -0.39 is 10.1 Å². The third-order valence-corrected chi connectivity index (χ3v) is 3.15. The topological polar surface area (TPSA) is 89.8 Å². The van der Waals surface area contributed by atoms with Crippen molar-refractivity contribution in [3.63, 3.8) is 0 Å². The first-order chi connectivity index (χ1) is 7.95. The molecule has 7 heteroatoms. The molecule has 0 aromatic heterocycles. The summed E-state index contributed by atoms with van der Waals surface area (Å²) < 4.78 is 29.2. The summed E-state index contributed by atoms with van der Waals surface area (Å²) >= 11 is 0. The van der Waals surface area contributed by atoms with E-state index in [2.05, 4.69) is 11.9 Å². The van der Waals surface area contributed by atoms with Crippen LogP contribution >= 0.6 is 0 Å². The maximum Gasteiger partial charge on any atom is 1.00 e. The van der Waals surface area contributed by atoms with Crippen molar-refractivity contribution in [2.45, 2.75) is 51.9 Å². The van der Waals surface area contributed by atoms with Gasteiger partial charge in [-0.25, -0.2) is 0 Å². The van der Waals surface area contributed by atoms with Gasteiger partial charge in [0.2, 0.25) is 0 Å². The molecule has 5 nitrogen and oxygen atoms in total. The maximum atomic E-state index is 11.2. The first-order valence-electron chi connectivity index (χ1n) is 6.11. The van der Waals surface area contributed by atoms with Crippen LogP contribution in [0.2, 0.25) is 0 Å². The monoisotopic (exact) mass is 287 g/mol. The Labute approximate surface area is 132 Å². The summed E-state index contributed by atoms with van der Waals surface area (Å²) in [5.74, 6) is -0.503. The molecule has 0 unspecified atom stereocenters. The normalized spacial score (nSPS) is 12.2. The van der Waals surface area contributed by atoms with E-state index in [0.29, 0.717) is 6.42 Å². The molecule has 0 aliphatic carbocycles. The summed E-state index contributed by atoms with van der Waals surface area (Å²) in [5.41, 5.74) is 0. The predicted octanol–water partition coefficient (Wildman–Crippen LogP) is -1.61. The van der Waals surface area contributed by atoms with E-state index in [1.807, 2.05) is 0 Å². The Morgan fingerprint density at radius 3 is 2.33 bits per heavy atom. The molecule has 18 heavy (non-hydrogen) atoms. The summed E-state index contributed by atoms with van der Waals surface area (Å²) in [6, 6.07) is 0. The molecule has 0 saturated heterocycles. The molecule has 0 aliphatic rings. The first kappa shape index (κ1) is 20.7. The molecule has 0 amide bonds. The van der Waals surface area contributed by atoms with Gasteiger partial charge in [-0.3, -0.25) is 4.55 Å². The van der Waals surface area contributed by atoms with Gasteiger partial charge >= 0.3 is 29.6 Å². The Balaban J connectivity index is 0. The number of hydrogen-bond acceptors (Lipinski definition) is 4. The van der Waals surface area contributed by atoms with E-state index in [9.17, 15) is 13.5 Å². The van der Waals surface area contributed by atoms with Crippen LogP contribution in [-0.4, -0.2) is 31.2 Å². The van der Waals surface area contributed by atoms with Gasteiger partial charge < -0.3 is 10.1 Å². The zero-order chi connectivity index (χ0) is 13.1. The molecule has 102 valence electrons.